The Hall–Kier alpha value is -1.53. The summed E-state index contributed by atoms with van der Waals surface area (Å²) in [7, 11) is 0. The third-order valence-electron chi connectivity index (χ3n) is 3.73. The largest absolute Gasteiger partial charge is 0.350 e. The molecule has 2 rings (SSSR count). The van der Waals surface area contributed by atoms with Gasteiger partial charge in [0.05, 0.1) is 40.4 Å². The number of nitrogens with zero attached hydrogens (tertiary/aromatic N) is 4. The fraction of sp³-hybridized carbons (Fsp3) is 0.533. The van der Waals surface area contributed by atoms with Crippen molar-refractivity contribution in [3.05, 3.63) is 33.3 Å². The molecule has 23 heavy (non-hydrogen) atoms. The maximum atomic E-state index is 12.2. The number of carbonyl (C=O) groups is 1. The van der Waals surface area contributed by atoms with Crippen LogP contribution in [0.25, 0.3) is 0 Å². The van der Waals surface area contributed by atoms with Crippen molar-refractivity contribution in [2.45, 2.75) is 47.3 Å². The first-order valence-electron chi connectivity index (χ1n) is 7.52. The van der Waals surface area contributed by atoms with Crippen LogP contribution in [-0.4, -0.2) is 25.5 Å². The zero-order valence-electron chi connectivity index (χ0n) is 13.7. The maximum Gasteiger partial charge on any atom is 0.225 e. The summed E-state index contributed by atoms with van der Waals surface area (Å²) in [5.41, 5.74) is 2.31. The van der Waals surface area contributed by atoms with Crippen molar-refractivity contribution in [1.29, 1.82) is 0 Å². The lowest BCUT2D eigenvalue weighted by atomic mass is 10.1. The molecule has 2 aromatic heterocycles. The van der Waals surface area contributed by atoms with Gasteiger partial charge in [0.1, 0.15) is 5.69 Å². The van der Waals surface area contributed by atoms with Gasteiger partial charge in [-0.05, 0) is 20.8 Å². The summed E-state index contributed by atoms with van der Waals surface area (Å²) < 4.78 is 3.51. The van der Waals surface area contributed by atoms with E-state index in [-0.39, 0.29) is 11.8 Å². The summed E-state index contributed by atoms with van der Waals surface area (Å²) in [5, 5.41) is 12.7. The van der Waals surface area contributed by atoms with Crippen molar-refractivity contribution in [3.63, 3.8) is 0 Å². The number of aromatic nitrogens is 4. The molecule has 0 saturated heterocycles. The lowest BCUT2D eigenvalue weighted by molar-refractivity contribution is -0.125. The zero-order valence-corrected chi connectivity index (χ0v) is 15.2. The van der Waals surface area contributed by atoms with E-state index in [0.717, 1.165) is 17.9 Å². The monoisotopic (exact) mass is 357 g/mol. The molecule has 0 spiro atoms. The molecule has 1 atom stereocenters. The summed E-state index contributed by atoms with van der Waals surface area (Å²) in [6.45, 7) is 9.10. The fourth-order valence-corrected chi connectivity index (χ4v) is 2.61. The first-order chi connectivity index (χ1) is 10.8. The average Bonchev–Trinajstić information content (AvgIpc) is 3.00. The Morgan fingerprint density at radius 3 is 2.57 bits per heavy atom. The molecule has 8 heteroatoms. The third kappa shape index (κ3) is 4.06. The van der Waals surface area contributed by atoms with Gasteiger partial charge in [-0.25, -0.2) is 0 Å². The van der Waals surface area contributed by atoms with Crippen molar-refractivity contribution >= 4 is 29.1 Å². The van der Waals surface area contributed by atoms with Gasteiger partial charge in [0, 0.05) is 12.7 Å². The molecule has 2 heterocycles. The summed E-state index contributed by atoms with van der Waals surface area (Å²) in [5.74, 6) is -0.313. The molecule has 126 valence electrons. The molecule has 0 bridgehead atoms. The van der Waals surface area contributed by atoms with E-state index in [2.05, 4.69) is 15.5 Å². The van der Waals surface area contributed by atoms with Gasteiger partial charge in [-0.3, -0.25) is 14.2 Å². The number of carbonyl (C=O) groups excluding carboxylic acids is 1. The van der Waals surface area contributed by atoms with Crippen LogP contribution in [0.4, 0.5) is 0 Å². The summed E-state index contributed by atoms with van der Waals surface area (Å²) in [4.78, 5) is 12.2. The lowest BCUT2D eigenvalue weighted by Crippen LogP contribution is -2.31. The van der Waals surface area contributed by atoms with Crippen molar-refractivity contribution in [2.75, 3.05) is 0 Å². The first-order valence-corrected chi connectivity index (χ1v) is 8.28. The predicted molar refractivity (Wildman–Crippen MR) is 90.6 cm³/mol. The Bertz CT molecular complexity index is 707. The zero-order chi connectivity index (χ0) is 17.1. The molecule has 0 aliphatic carbocycles. The van der Waals surface area contributed by atoms with Crippen LogP contribution >= 0.6 is 23.2 Å². The molecule has 1 N–H and O–H groups in total. The summed E-state index contributed by atoms with van der Waals surface area (Å²) in [6.07, 6.45) is 1.75. The Labute approximate surface area is 145 Å². The minimum Gasteiger partial charge on any atom is -0.350 e. The van der Waals surface area contributed by atoms with Gasteiger partial charge in [-0.1, -0.05) is 30.1 Å². The van der Waals surface area contributed by atoms with E-state index in [4.69, 9.17) is 23.2 Å². The van der Waals surface area contributed by atoms with Gasteiger partial charge < -0.3 is 5.32 Å². The predicted octanol–water partition coefficient (Wildman–Crippen LogP) is 2.98. The number of hydrogen-bond acceptors (Lipinski definition) is 3. The van der Waals surface area contributed by atoms with E-state index in [1.807, 2.05) is 27.7 Å². The number of aryl methyl sites for hydroxylation is 2. The van der Waals surface area contributed by atoms with Crippen molar-refractivity contribution in [3.8, 4) is 0 Å². The van der Waals surface area contributed by atoms with Crippen molar-refractivity contribution in [2.24, 2.45) is 5.92 Å². The maximum absolute atomic E-state index is 12.2. The van der Waals surface area contributed by atoms with E-state index in [0.29, 0.717) is 28.8 Å². The number of halogens is 2. The molecule has 2 aromatic rings. The van der Waals surface area contributed by atoms with Crippen molar-refractivity contribution < 1.29 is 4.79 Å². The van der Waals surface area contributed by atoms with Crippen LogP contribution in [-0.2, 0) is 24.4 Å². The molecule has 6 nitrogen and oxygen atoms in total. The van der Waals surface area contributed by atoms with Crippen molar-refractivity contribution in [1.82, 2.24) is 24.9 Å². The van der Waals surface area contributed by atoms with Crippen LogP contribution in [0.15, 0.2) is 6.20 Å². The fourth-order valence-electron chi connectivity index (χ4n) is 2.26. The highest BCUT2D eigenvalue weighted by Gasteiger charge is 2.18. The number of hydrogen-bond donors (Lipinski definition) is 1. The van der Waals surface area contributed by atoms with Crippen LogP contribution in [0, 0.1) is 19.8 Å². The summed E-state index contributed by atoms with van der Waals surface area (Å²) in [6, 6.07) is 0. The second-order valence-electron chi connectivity index (χ2n) is 5.57. The normalized spacial score (nSPS) is 12.4. The SMILES string of the molecule is CCn1cc(Cl)c(CNC(=O)C(C)Cn2nc(C)c(Cl)c2C)n1. The highest BCUT2D eigenvalue weighted by atomic mass is 35.5. The molecule has 0 radical (unpaired) electrons. The molecule has 1 unspecified atom stereocenters. The van der Waals surface area contributed by atoms with E-state index in [1.54, 1.807) is 15.6 Å². The molecule has 0 aliphatic heterocycles. The highest BCUT2D eigenvalue weighted by molar-refractivity contribution is 6.31. The Balaban J connectivity index is 1.94. The van der Waals surface area contributed by atoms with Gasteiger partial charge in [0.2, 0.25) is 5.91 Å². The smallest absolute Gasteiger partial charge is 0.225 e. The van der Waals surface area contributed by atoms with E-state index in [9.17, 15) is 4.79 Å². The van der Waals surface area contributed by atoms with Crippen LogP contribution in [0.3, 0.4) is 0 Å². The second-order valence-corrected chi connectivity index (χ2v) is 6.35. The molecule has 0 aliphatic rings. The van der Waals surface area contributed by atoms with E-state index < -0.39 is 0 Å². The average molecular weight is 358 g/mol. The number of nitrogens with one attached hydrogen (secondary N) is 1. The minimum atomic E-state index is -0.240. The lowest BCUT2D eigenvalue weighted by Gasteiger charge is -2.13. The Morgan fingerprint density at radius 1 is 1.35 bits per heavy atom. The van der Waals surface area contributed by atoms with Gasteiger partial charge in [-0.2, -0.15) is 10.2 Å². The standard InChI is InChI=1S/C15H21Cl2N5O/c1-5-21-8-12(16)13(20-21)6-18-15(23)9(2)7-22-11(4)14(17)10(3)19-22/h8-9H,5-7H2,1-4H3,(H,18,23). The minimum absolute atomic E-state index is 0.0733. The van der Waals surface area contributed by atoms with Crippen LogP contribution < -0.4 is 5.32 Å². The topological polar surface area (TPSA) is 64.7 Å². The van der Waals surface area contributed by atoms with Gasteiger partial charge in [0.25, 0.3) is 0 Å². The number of rotatable bonds is 6. The first kappa shape index (κ1) is 17.8. The van der Waals surface area contributed by atoms with Crippen LogP contribution in [0.2, 0.25) is 10.0 Å². The van der Waals surface area contributed by atoms with Crippen LogP contribution in [0.5, 0.6) is 0 Å². The van der Waals surface area contributed by atoms with Gasteiger partial charge in [-0.15, -0.1) is 0 Å². The third-order valence-corrected chi connectivity index (χ3v) is 4.59. The Kier molecular flexibility index (Phi) is 5.70. The van der Waals surface area contributed by atoms with Gasteiger partial charge in [0.15, 0.2) is 0 Å². The summed E-state index contributed by atoms with van der Waals surface area (Å²) >= 11 is 12.2. The van der Waals surface area contributed by atoms with E-state index >= 15 is 0 Å². The molecule has 0 saturated carbocycles. The molecule has 0 aromatic carbocycles. The Morgan fingerprint density at radius 2 is 2.04 bits per heavy atom. The molecule has 1 amide bonds. The molecular weight excluding hydrogens is 337 g/mol. The number of amides is 1. The van der Waals surface area contributed by atoms with E-state index in [1.165, 1.54) is 0 Å². The quantitative estimate of drug-likeness (QED) is 0.864. The molecular formula is C15H21Cl2N5O. The molecule has 0 fully saturated rings. The van der Waals surface area contributed by atoms with Gasteiger partial charge >= 0.3 is 0 Å². The highest BCUT2D eigenvalue weighted by Crippen LogP contribution is 2.20. The second kappa shape index (κ2) is 7.36. The van der Waals surface area contributed by atoms with Crippen LogP contribution in [0.1, 0.15) is 30.9 Å².